The summed E-state index contributed by atoms with van der Waals surface area (Å²) in [4.78, 5) is 0. The van der Waals surface area contributed by atoms with E-state index in [1.165, 1.54) is 12.8 Å². The summed E-state index contributed by atoms with van der Waals surface area (Å²) in [6.07, 6.45) is 3.80. The quantitative estimate of drug-likeness (QED) is 0.696. The van der Waals surface area contributed by atoms with Gasteiger partial charge < -0.3 is 4.43 Å². The molecule has 2 nitrogen and oxygen atoms in total. The minimum Gasteiger partial charge on any atom is -0.414 e. The molecule has 0 radical (unpaired) electrons. The predicted octanol–water partition coefficient (Wildman–Crippen LogP) is 3.95. The second-order valence-electron chi connectivity index (χ2n) is 7.37. The summed E-state index contributed by atoms with van der Waals surface area (Å²) in [5.74, 6) is 1.77. The molecule has 0 spiro atoms. The van der Waals surface area contributed by atoms with Gasteiger partial charge in [-0.25, -0.2) is 0 Å². The van der Waals surface area contributed by atoms with Crippen molar-refractivity contribution >= 4 is 8.32 Å². The maximum absolute atomic E-state index is 9.17. The van der Waals surface area contributed by atoms with Gasteiger partial charge in [0.1, 0.15) is 0 Å². The fourth-order valence-corrected chi connectivity index (χ4v) is 4.14. The van der Waals surface area contributed by atoms with Gasteiger partial charge in [-0.1, -0.05) is 20.8 Å². The van der Waals surface area contributed by atoms with Crippen molar-refractivity contribution in [2.45, 2.75) is 64.3 Å². The SMILES string of the molecule is CC(C)(C)[Si](C)(C)OC1C[C@H]2C[C@H]2[C@H](C#N)C1. The van der Waals surface area contributed by atoms with Gasteiger partial charge in [0.2, 0.25) is 0 Å². The standard InChI is InChI=1S/C14H25NOSi/c1-14(2,3)17(4,5)16-12-6-10-8-13(10)11(7-12)9-15/h10-13H,6-8H2,1-5H3/t10-,11-,12?,13+/m0/s1. The Balaban J connectivity index is 1.98. The van der Waals surface area contributed by atoms with Gasteiger partial charge in [0, 0.05) is 6.10 Å². The van der Waals surface area contributed by atoms with E-state index < -0.39 is 8.32 Å². The molecule has 2 rings (SSSR count). The summed E-state index contributed by atoms with van der Waals surface area (Å²) in [6, 6.07) is 2.49. The van der Waals surface area contributed by atoms with Crippen LogP contribution in [0.2, 0.25) is 18.1 Å². The Morgan fingerprint density at radius 3 is 2.35 bits per heavy atom. The third kappa shape index (κ3) is 2.58. The van der Waals surface area contributed by atoms with Crippen molar-refractivity contribution in [1.82, 2.24) is 0 Å². The van der Waals surface area contributed by atoms with E-state index >= 15 is 0 Å². The lowest BCUT2D eigenvalue weighted by Crippen LogP contribution is -2.45. The largest absolute Gasteiger partial charge is 0.414 e. The molecule has 0 N–H and O–H groups in total. The first kappa shape index (κ1) is 13.1. The summed E-state index contributed by atoms with van der Waals surface area (Å²) in [7, 11) is -1.66. The van der Waals surface area contributed by atoms with Crippen LogP contribution in [0.3, 0.4) is 0 Å². The van der Waals surface area contributed by atoms with Crippen LogP contribution in [-0.4, -0.2) is 14.4 Å². The number of rotatable bonds is 2. The highest BCUT2D eigenvalue weighted by Crippen LogP contribution is 2.54. The van der Waals surface area contributed by atoms with E-state index in [4.69, 9.17) is 9.69 Å². The monoisotopic (exact) mass is 251 g/mol. The van der Waals surface area contributed by atoms with Gasteiger partial charge in [0.05, 0.1) is 12.0 Å². The molecule has 2 aliphatic carbocycles. The van der Waals surface area contributed by atoms with Crippen LogP contribution in [0.25, 0.3) is 0 Å². The number of hydrogen-bond donors (Lipinski definition) is 0. The van der Waals surface area contributed by atoms with Crippen molar-refractivity contribution in [3.63, 3.8) is 0 Å². The van der Waals surface area contributed by atoms with Crippen LogP contribution in [0.5, 0.6) is 0 Å². The van der Waals surface area contributed by atoms with Crippen LogP contribution in [0.1, 0.15) is 40.0 Å². The smallest absolute Gasteiger partial charge is 0.192 e. The molecule has 0 amide bonds. The predicted molar refractivity (Wildman–Crippen MR) is 72.0 cm³/mol. The fourth-order valence-electron chi connectivity index (χ4n) is 2.76. The van der Waals surface area contributed by atoms with E-state index in [9.17, 15) is 0 Å². The maximum atomic E-state index is 9.17. The molecule has 17 heavy (non-hydrogen) atoms. The first-order valence-electron chi connectivity index (χ1n) is 6.82. The van der Waals surface area contributed by atoms with Gasteiger partial charge >= 0.3 is 0 Å². The lowest BCUT2D eigenvalue weighted by molar-refractivity contribution is 0.117. The second kappa shape index (κ2) is 4.10. The Morgan fingerprint density at radius 1 is 1.18 bits per heavy atom. The van der Waals surface area contributed by atoms with E-state index in [2.05, 4.69) is 39.9 Å². The van der Waals surface area contributed by atoms with Crippen LogP contribution in [-0.2, 0) is 4.43 Å². The van der Waals surface area contributed by atoms with Crippen LogP contribution in [0.4, 0.5) is 0 Å². The molecule has 0 aromatic heterocycles. The zero-order valence-electron chi connectivity index (χ0n) is 11.8. The minimum atomic E-state index is -1.66. The zero-order valence-corrected chi connectivity index (χ0v) is 12.8. The Morgan fingerprint density at radius 2 is 1.82 bits per heavy atom. The highest BCUT2D eigenvalue weighted by molar-refractivity contribution is 6.74. The van der Waals surface area contributed by atoms with E-state index in [1.807, 2.05) is 0 Å². The Labute approximate surface area is 106 Å². The number of nitrogens with zero attached hydrogens (tertiary/aromatic N) is 1. The Kier molecular flexibility index (Phi) is 3.16. The van der Waals surface area contributed by atoms with Crippen molar-refractivity contribution in [3.8, 4) is 6.07 Å². The van der Waals surface area contributed by atoms with E-state index in [0.717, 1.165) is 12.3 Å². The van der Waals surface area contributed by atoms with Gasteiger partial charge in [-0.3, -0.25) is 0 Å². The van der Waals surface area contributed by atoms with Gasteiger partial charge in [-0.05, 0) is 49.2 Å². The molecule has 3 heteroatoms. The zero-order chi connectivity index (χ0) is 12.8. The summed E-state index contributed by atoms with van der Waals surface area (Å²) in [6.45, 7) is 11.5. The second-order valence-corrected chi connectivity index (χ2v) is 12.1. The van der Waals surface area contributed by atoms with Gasteiger partial charge in [-0.2, -0.15) is 5.26 Å². The van der Waals surface area contributed by atoms with E-state index in [1.54, 1.807) is 0 Å². The summed E-state index contributed by atoms with van der Waals surface area (Å²) < 4.78 is 6.46. The van der Waals surface area contributed by atoms with Crippen molar-refractivity contribution in [2.24, 2.45) is 17.8 Å². The van der Waals surface area contributed by atoms with Crippen LogP contribution in [0, 0.1) is 29.1 Å². The Bertz CT molecular complexity index is 339. The highest BCUT2D eigenvalue weighted by Gasteiger charge is 2.50. The first-order chi connectivity index (χ1) is 7.74. The first-order valence-corrected chi connectivity index (χ1v) is 9.73. The molecule has 0 saturated heterocycles. The van der Waals surface area contributed by atoms with Gasteiger partial charge in [-0.15, -0.1) is 0 Å². The summed E-state index contributed by atoms with van der Waals surface area (Å²) >= 11 is 0. The molecule has 0 heterocycles. The van der Waals surface area contributed by atoms with Crippen molar-refractivity contribution in [1.29, 1.82) is 5.26 Å². The van der Waals surface area contributed by atoms with Crippen LogP contribution < -0.4 is 0 Å². The molecule has 0 aliphatic heterocycles. The van der Waals surface area contributed by atoms with Gasteiger partial charge in [0.25, 0.3) is 0 Å². The van der Waals surface area contributed by atoms with Gasteiger partial charge in [0.15, 0.2) is 8.32 Å². The van der Waals surface area contributed by atoms with Crippen LogP contribution in [0.15, 0.2) is 0 Å². The molecule has 96 valence electrons. The minimum absolute atomic E-state index is 0.267. The lowest BCUT2D eigenvalue weighted by atomic mass is 9.88. The normalized spacial score (nSPS) is 37.2. The lowest BCUT2D eigenvalue weighted by Gasteiger charge is -2.40. The molecule has 2 saturated carbocycles. The molecular formula is C14H25NOSi. The molecule has 0 aromatic rings. The third-order valence-corrected chi connectivity index (χ3v) is 9.54. The summed E-state index contributed by atoms with van der Waals surface area (Å²) in [5.41, 5.74) is 0. The number of fused-ring (bicyclic) bond motifs is 1. The highest BCUT2D eigenvalue weighted by atomic mass is 28.4. The molecule has 4 atom stereocenters. The molecule has 0 bridgehead atoms. The average Bonchev–Trinajstić information content (AvgIpc) is 2.92. The van der Waals surface area contributed by atoms with Crippen molar-refractivity contribution < 1.29 is 4.43 Å². The summed E-state index contributed by atoms with van der Waals surface area (Å²) in [5, 5.41) is 9.44. The molecule has 1 unspecified atom stereocenters. The topological polar surface area (TPSA) is 33.0 Å². The van der Waals surface area contributed by atoms with Crippen molar-refractivity contribution in [2.75, 3.05) is 0 Å². The Hall–Kier alpha value is -0.333. The average molecular weight is 251 g/mol. The van der Waals surface area contributed by atoms with Crippen LogP contribution >= 0.6 is 0 Å². The van der Waals surface area contributed by atoms with E-state index in [0.29, 0.717) is 12.0 Å². The number of nitriles is 1. The molecular weight excluding hydrogens is 226 g/mol. The maximum Gasteiger partial charge on any atom is 0.192 e. The fraction of sp³-hybridized carbons (Fsp3) is 0.929. The molecule has 0 aromatic carbocycles. The van der Waals surface area contributed by atoms with E-state index in [-0.39, 0.29) is 11.0 Å². The van der Waals surface area contributed by atoms with Crippen molar-refractivity contribution in [3.05, 3.63) is 0 Å². The molecule has 2 aliphatic rings. The third-order valence-electron chi connectivity index (χ3n) is 5.01. The number of hydrogen-bond acceptors (Lipinski definition) is 2. The molecule has 2 fully saturated rings.